The molecule has 0 aromatic carbocycles. The topological polar surface area (TPSA) is 46.5 Å². The second-order valence-electron chi connectivity index (χ2n) is 9.34. The van der Waals surface area contributed by atoms with E-state index in [9.17, 15) is 9.46 Å². The van der Waals surface area contributed by atoms with Crippen molar-refractivity contribution in [2.45, 2.75) is 116 Å². The average Bonchev–Trinajstić information content (AvgIpc) is 2.63. The van der Waals surface area contributed by atoms with E-state index in [4.69, 9.17) is 4.52 Å². The smallest absolute Gasteiger partial charge is 0.320 e. The maximum Gasteiger partial charge on any atom is 0.385 e. The Hall–Kier alpha value is -0.150. The van der Waals surface area contributed by atoms with Crippen LogP contribution < -0.4 is 0 Å². The second-order valence-corrected chi connectivity index (χ2v) is 11.3. The van der Waals surface area contributed by atoms with Crippen LogP contribution in [0.4, 0.5) is 0 Å². The lowest BCUT2D eigenvalue weighted by Gasteiger charge is -2.35. The normalized spacial score (nSPS) is 15.7. The van der Waals surface area contributed by atoms with Gasteiger partial charge >= 0.3 is 7.60 Å². The lowest BCUT2D eigenvalue weighted by atomic mass is 10.1. The SMILES string of the molecule is CCCCC/C=C\CCCCCCCCCCCOP(=O)(O)C(CC)[N+](C)(C)C. The lowest BCUT2D eigenvalue weighted by molar-refractivity contribution is -0.883. The molecular weight excluding hydrogens is 381 g/mol. The summed E-state index contributed by atoms with van der Waals surface area (Å²) in [6.07, 6.45) is 23.0. The fourth-order valence-electron chi connectivity index (χ4n) is 3.85. The van der Waals surface area contributed by atoms with Gasteiger partial charge in [0.25, 0.3) is 0 Å². The minimum atomic E-state index is -3.55. The Morgan fingerprint density at radius 1 is 0.793 bits per heavy atom. The van der Waals surface area contributed by atoms with E-state index in [0.717, 1.165) is 12.8 Å². The van der Waals surface area contributed by atoms with Gasteiger partial charge in [0.15, 0.2) is 5.78 Å². The maximum absolute atomic E-state index is 12.5. The number of hydrogen-bond donors (Lipinski definition) is 1. The molecular formula is C24H51NO3P+. The van der Waals surface area contributed by atoms with Gasteiger partial charge in [-0.05, 0) is 32.1 Å². The van der Waals surface area contributed by atoms with Gasteiger partial charge in [0, 0.05) is 6.42 Å². The van der Waals surface area contributed by atoms with E-state index in [1.165, 1.54) is 77.0 Å². The number of allylic oxidation sites excluding steroid dienone is 2. The fourth-order valence-corrected chi connectivity index (χ4v) is 5.75. The van der Waals surface area contributed by atoms with E-state index >= 15 is 0 Å². The highest BCUT2D eigenvalue weighted by Crippen LogP contribution is 2.51. The largest absolute Gasteiger partial charge is 0.385 e. The third-order valence-corrected chi connectivity index (χ3v) is 7.93. The molecule has 0 heterocycles. The monoisotopic (exact) mass is 432 g/mol. The van der Waals surface area contributed by atoms with Gasteiger partial charge in [0.2, 0.25) is 0 Å². The average molecular weight is 433 g/mol. The molecule has 0 fully saturated rings. The van der Waals surface area contributed by atoms with Gasteiger partial charge < -0.3 is 13.9 Å². The maximum atomic E-state index is 12.5. The van der Waals surface area contributed by atoms with Gasteiger partial charge in [-0.2, -0.15) is 0 Å². The van der Waals surface area contributed by atoms with E-state index in [0.29, 0.717) is 17.5 Å². The molecule has 174 valence electrons. The summed E-state index contributed by atoms with van der Waals surface area (Å²) < 4.78 is 18.3. The third-order valence-electron chi connectivity index (χ3n) is 5.57. The molecule has 0 amide bonds. The van der Waals surface area contributed by atoms with Crippen molar-refractivity contribution in [3.05, 3.63) is 12.2 Å². The number of unbranched alkanes of at least 4 members (excludes halogenated alkanes) is 12. The number of quaternary nitrogens is 1. The molecule has 0 aromatic rings. The van der Waals surface area contributed by atoms with E-state index in [-0.39, 0.29) is 5.78 Å². The van der Waals surface area contributed by atoms with Crippen LogP contribution in [0.5, 0.6) is 0 Å². The van der Waals surface area contributed by atoms with Crippen molar-refractivity contribution in [1.82, 2.24) is 0 Å². The van der Waals surface area contributed by atoms with Crippen LogP contribution in [0.1, 0.15) is 110 Å². The Kier molecular flexibility index (Phi) is 17.4. The molecule has 0 spiro atoms. The van der Waals surface area contributed by atoms with E-state index in [2.05, 4.69) is 19.1 Å². The molecule has 0 aromatic heterocycles. The first-order valence-corrected chi connectivity index (χ1v) is 13.8. The summed E-state index contributed by atoms with van der Waals surface area (Å²) in [6, 6.07) is 0. The van der Waals surface area contributed by atoms with Crippen LogP contribution in [0, 0.1) is 0 Å². The zero-order chi connectivity index (χ0) is 22.0. The van der Waals surface area contributed by atoms with Gasteiger partial charge in [-0.1, -0.05) is 83.8 Å². The number of rotatable bonds is 20. The van der Waals surface area contributed by atoms with Crippen molar-refractivity contribution >= 4 is 7.60 Å². The van der Waals surface area contributed by atoms with Crippen molar-refractivity contribution in [3.63, 3.8) is 0 Å². The van der Waals surface area contributed by atoms with Gasteiger partial charge in [-0.25, -0.2) is 0 Å². The zero-order valence-corrected chi connectivity index (χ0v) is 21.1. The van der Waals surface area contributed by atoms with Gasteiger partial charge in [0.1, 0.15) is 0 Å². The molecule has 2 atom stereocenters. The molecule has 0 aliphatic heterocycles. The van der Waals surface area contributed by atoms with E-state index < -0.39 is 7.60 Å². The lowest BCUT2D eigenvalue weighted by Crippen LogP contribution is -2.44. The molecule has 1 N–H and O–H groups in total. The van der Waals surface area contributed by atoms with Crippen LogP contribution in [-0.4, -0.2) is 42.9 Å². The molecule has 2 unspecified atom stereocenters. The Labute approximate surface area is 182 Å². The molecule has 5 heteroatoms. The van der Waals surface area contributed by atoms with Crippen LogP contribution in [-0.2, 0) is 9.09 Å². The Morgan fingerprint density at radius 3 is 1.69 bits per heavy atom. The molecule has 29 heavy (non-hydrogen) atoms. The Morgan fingerprint density at radius 2 is 1.24 bits per heavy atom. The van der Waals surface area contributed by atoms with Crippen molar-refractivity contribution in [2.75, 3.05) is 27.7 Å². The molecule has 0 radical (unpaired) electrons. The summed E-state index contributed by atoms with van der Waals surface area (Å²) in [5.41, 5.74) is 0. The molecule has 0 aliphatic rings. The molecule has 4 nitrogen and oxygen atoms in total. The highest BCUT2D eigenvalue weighted by molar-refractivity contribution is 7.53. The van der Waals surface area contributed by atoms with Crippen molar-refractivity contribution in [2.24, 2.45) is 0 Å². The standard InChI is InChI=1S/C24H50NO3P/c1-6-8-9-10-11-12-13-14-15-16-17-18-19-20-21-22-23-28-29(26,27)24(7-2)25(3,4)5/h11-12,24H,6-10,13-23H2,1-5H3/p+1/b12-11-. The van der Waals surface area contributed by atoms with Gasteiger partial charge in [-0.3, -0.25) is 4.57 Å². The third kappa shape index (κ3) is 16.2. The first kappa shape index (κ1) is 28.9. The predicted octanol–water partition coefficient (Wildman–Crippen LogP) is 7.67. The summed E-state index contributed by atoms with van der Waals surface area (Å²) in [5.74, 6) is -0.348. The highest BCUT2D eigenvalue weighted by atomic mass is 31.2. The summed E-state index contributed by atoms with van der Waals surface area (Å²) in [4.78, 5) is 10.2. The minimum absolute atomic E-state index is 0.348. The highest BCUT2D eigenvalue weighted by Gasteiger charge is 2.41. The van der Waals surface area contributed by atoms with Crippen LogP contribution in [0.2, 0.25) is 0 Å². The first-order valence-electron chi connectivity index (χ1n) is 12.2. The number of hydrogen-bond acceptors (Lipinski definition) is 2. The fraction of sp³-hybridized carbons (Fsp3) is 0.917. The predicted molar refractivity (Wildman–Crippen MR) is 127 cm³/mol. The zero-order valence-electron chi connectivity index (χ0n) is 20.2. The van der Waals surface area contributed by atoms with Crippen molar-refractivity contribution < 1.29 is 18.5 Å². The second kappa shape index (κ2) is 17.5. The summed E-state index contributed by atoms with van der Waals surface area (Å²) in [5, 5.41) is 0. The van der Waals surface area contributed by atoms with Crippen molar-refractivity contribution in [1.29, 1.82) is 0 Å². The van der Waals surface area contributed by atoms with Crippen LogP contribution in [0.25, 0.3) is 0 Å². The van der Waals surface area contributed by atoms with Crippen LogP contribution in [0.15, 0.2) is 12.2 Å². The molecule has 0 bridgehead atoms. The van der Waals surface area contributed by atoms with Crippen LogP contribution >= 0.6 is 7.60 Å². The molecule has 0 aliphatic carbocycles. The first-order chi connectivity index (χ1) is 13.8. The van der Waals surface area contributed by atoms with E-state index in [1.54, 1.807) is 0 Å². The Bertz CT molecular complexity index is 446. The van der Waals surface area contributed by atoms with Gasteiger partial charge in [-0.15, -0.1) is 0 Å². The van der Waals surface area contributed by atoms with Gasteiger partial charge in [0.05, 0.1) is 27.7 Å². The summed E-state index contributed by atoms with van der Waals surface area (Å²) >= 11 is 0. The summed E-state index contributed by atoms with van der Waals surface area (Å²) in [6.45, 7) is 4.60. The molecule has 0 rings (SSSR count). The molecule has 0 saturated heterocycles. The van der Waals surface area contributed by atoms with E-state index in [1.807, 2.05) is 28.1 Å². The summed E-state index contributed by atoms with van der Waals surface area (Å²) in [7, 11) is 2.30. The molecule has 0 saturated carbocycles. The van der Waals surface area contributed by atoms with Crippen molar-refractivity contribution in [3.8, 4) is 0 Å². The van der Waals surface area contributed by atoms with Crippen LogP contribution in [0.3, 0.4) is 0 Å². The minimum Gasteiger partial charge on any atom is -0.320 e. The quantitative estimate of drug-likeness (QED) is 0.0929. The Balaban J connectivity index is 3.51. The number of nitrogens with zero attached hydrogens (tertiary/aromatic N) is 1.